The molecule has 2 atom stereocenters. The Morgan fingerprint density at radius 1 is 0.929 bits per heavy atom. The Labute approximate surface area is 94.6 Å². The second-order valence-electron chi connectivity index (χ2n) is 2.95. The van der Waals surface area contributed by atoms with Gasteiger partial charge in [0.15, 0.2) is 0 Å². The number of Topliss-reactive ketones (excluding diaryl/α,β-unsaturated/α-hetero) is 2. The monoisotopic (exact) mass is 234 g/mol. The number of carbonyl (C=O) groups excluding carboxylic acids is 2. The maximum atomic E-state index is 11.6. The average molecular weight is 234 g/mol. The molecule has 0 aromatic heterocycles. The quantitative estimate of drug-likeness (QED) is 0.677. The van der Waals surface area contributed by atoms with E-state index in [0.29, 0.717) is 12.8 Å². The van der Waals surface area contributed by atoms with Crippen molar-refractivity contribution in [1.82, 2.24) is 0 Å². The zero-order chi connectivity index (χ0) is 11.1. The summed E-state index contributed by atoms with van der Waals surface area (Å²) in [5.74, 6) is 0.359. The topological polar surface area (TPSA) is 34.1 Å². The average Bonchev–Trinajstić information content (AvgIpc) is 2.23. The Kier molecular flexibility index (Phi) is 7.37. The minimum absolute atomic E-state index is 0.164. The van der Waals surface area contributed by atoms with Crippen LogP contribution in [0.15, 0.2) is 0 Å². The van der Waals surface area contributed by atoms with Gasteiger partial charge in [0.2, 0.25) is 0 Å². The lowest BCUT2D eigenvalue weighted by Gasteiger charge is -2.20. The summed E-state index contributed by atoms with van der Waals surface area (Å²) >= 11 is 2.98. The number of ketones is 2. The molecule has 0 aromatic carbocycles. The van der Waals surface area contributed by atoms with Gasteiger partial charge < -0.3 is 0 Å². The summed E-state index contributed by atoms with van der Waals surface area (Å²) in [5.41, 5.74) is 0. The Hall–Kier alpha value is 0.0400. The van der Waals surface area contributed by atoms with Crippen LogP contribution in [0.25, 0.3) is 0 Å². The Morgan fingerprint density at radius 3 is 1.36 bits per heavy atom. The summed E-state index contributed by atoms with van der Waals surface area (Å²) in [4.78, 5) is 23.2. The van der Waals surface area contributed by atoms with Crippen molar-refractivity contribution in [2.75, 3.05) is 12.5 Å². The lowest BCUT2D eigenvalue weighted by molar-refractivity contribution is -0.123. The van der Waals surface area contributed by atoms with Gasteiger partial charge in [-0.2, -0.15) is 23.5 Å². The van der Waals surface area contributed by atoms with Gasteiger partial charge in [-0.15, -0.1) is 0 Å². The molecule has 0 aliphatic heterocycles. The van der Waals surface area contributed by atoms with Crippen molar-refractivity contribution in [1.29, 1.82) is 0 Å². The van der Waals surface area contributed by atoms with Crippen LogP contribution in [0, 0.1) is 0 Å². The van der Waals surface area contributed by atoms with Crippen LogP contribution in [-0.4, -0.2) is 34.6 Å². The Bertz CT molecular complexity index is 182. The smallest absolute Gasteiger partial charge is 0.147 e. The van der Waals surface area contributed by atoms with Crippen LogP contribution in [0.3, 0.4) is 0 Å². The van der Waals surface area contributed by atoms with Crippen LogP contribution >= 0.6 is 23.5 Å². The van der Waals surface area contributed by atoms with Gasteiger partial charge >= 0.3 is 0 Å². The highest BCUT2D eigenvalue weighted by Gasteiger charge is 2.30. The fourth-order valence-electron chi connectivity index (χ4n) is 1.25. The summed E-state index contributed by atoms with van der Waals surface area (Å²) in [7, 11) is 0. The highest BCUT2D eigenvalue weighted by atomic mass is 32.2. The molecule has 0 bridgehead atoms. The molecule has 0 N–H and O–H groups in total. The van der Waals surface area contributed by atoms with Gasteiger partial charge in [0.25, 0.3) is 0 Å². The molecule has 2 nitrogen and oxygen atoms in total. The van der Waals surface area contributed by atoms with Crippen LogP contribution in [-0.2, 0) is 9.59 Å². The van der Waals surface area contributed by atoms with E-state index < -0.39 is 0 Å². The summed E-state index contributed by atoms with van der Waals surface area (Å²) in [5, 5.41) is -0.329. The van der Waals surface area contributed by atoms with E-state index in [-0.39, 0.29) is 22.1 Å². The van der Waals surface area contributed by atoms with Crippen molar-refractivity contribution in [2.24, 2.45) is 0 Å². The summed E-state index contributed by atoms with van der Waals surface area (Å²) in [6.07, 6.45) is 4.81. The van der Waals surface area contributed by atoms with Gasteiger partial charge in [-0.25, -0.2) is 0 Å². The van der Waals surface area contributed by atoms with Gasteiger partial charge in [0.05, 0.1) is 10.5 Å². The SMILES string of the molecule is CCC(=O)C(SC)C(SC)C(=O)CC. The van der Waals surface area contributed by atoms with Gasteiger partial charge in [-0.05, 0) is 12.5 Å². The second-order valence-corrected chi connectivity index (χ2v) is 4.91. The number of carbonyl (C=O) groups is 2. The van der Waals surface area contributed by atoms with E-state index >= 15 is 0 Å². The Morgan fingerprint density at radius 2 is 1.21 bits per heavy atom. The first-order chi connectivity index (χ1) is 6.62. The summed E-state index contributed by atoms with van der Waals surface area (Å²) < 4.78 is 0. The molecule has 82 valence electrons. The van der Waals surface area contributed by atoms with Gasteiger partial charge in [0.1, 0.15) is 11.6 Å². The predicted octanol–water partition coefficient (Wildman–Crippen LogP) is 2.41. The van der Waals surface area contributed by atoms with Crippen LogP contribution in [0.2, 0.25) is 0 Å². The molecule has 0 rings (SSSR count). The molecular formula is C10H18O2S2. The number of hydrogen-bond donors (Lipinski definition) is 0. The van der Waals surface area contributed by atoms with E-state index in [2.05, 4.69) is 0 Å². The van der Waals surface area contributed by atoms with E-state index in [1.165, 1.54) is 23.5 Å². The zero-order valence-electron chi connectivity index (χ0n) is 9.20. The maximum Gasteiger partial charge on any atom is 0.147 e. The lowest BCUT2D eigenvalue weighted by atomic mass is 10.1. The van der Waals surface area contributed by atoms with Crippen molar-refractivity contribution in [3.05, 3.63) is 0 Å². The van der Waals surface area contributed by atoms with E-state index in [1.807, 2.05) is 26.4 Å². The molecule has 0 spiro atoms. The molecule has 0 aromatic rings. The number of thioether (sulfide) groups is 2. The molecule has 0 fully saturated rings. The van der Waals surface area contributed by atoms with Crippen molar-refractivity contribution in [2.45, 2.75) is 37.2 Å². The predicted molar refractivity (Wildman–Crippen MR) is 65.2 cm³/mol. The molecule has 0 heterocycles. The fourth-order valence-corrected chi connectivity index (χ4v) is 3.57. The van der Waals surface area contributed by atoms with Gasteiger partial charge in [-0.1, -0.05) is 13.8 Å². The second kappa shape index (κ2) is 7.35. The Balaban J connectivity index is 4.60. The molecule has 4 heteroatoms. The minimum atomic E-state index is -0.164. The number of rotatable bonds is 7. The molecule has 0 radical (unpaired) electrons. The standard InChI is InChI=1S/C10H18O2S2/c1-5-7(11)9(13-3)10(14-4)8(12)6-2/h9-10H,5-6H2,1-4H3. The first-order valence-corrected chi connectivity index (χ1v) is 7.30. The first kappa shape index (κ1) is 14.0. The molecule has 0 amide bonds. The van der Waals surface area contributed by atoms with E-state index in [4.69, 9.17) is 0 Å². The third-order valence-electron chi connectivity index (χ3n) is 2.11. The van der Waals surface area contributed by atoms with Gasteiger partial charge in [-0.3, -0.25) is 9.59 Å². The highest BCUT2D eigenvalue weighted by Crippen LogP contribution is 2.24. The molecule has 2 unspecified atom stereocenters. The normalized spacial score (nSPS) is 14.9. The van der Waals surface area contributed by atoms with Gasteiger partial charge in [0, 0.05) is 12.8 Å². The van der Waals surface area contributed by atoms with Crippen molar-refractivity contribution in [3.8, 4) is 0 Å². The largest absolute Gasteiger partial charge is 0.298 e. The van der Waals surface area contributed by atoms with Crippen LogP contribution in [0.1, 0.15) is 26.7 Å². The van der Waals surface area contributed by atoms with Crippen LogP contribution in [0.4, 0.5) is 0 Å². The number of hydrogen-bond acceptors (Lipinski definition) is 4. The van der Waals surface area contributed by atoms with E-state index in [0.717, 1.165) is 0 Å². The lowest BCUT2D eigenvalue weighted by Crippen LogP contribution is -2.34. The van der Waals surface area contributed by atoms with Crippen LogP contribution in [0.5, 0.6) is 0 Å². The summed E-state index contributed by atoms with van der Waals surface area (Å²) in [6, 6.07) is 0. The maximum absolute atomic E-state index is 11.6. The van der Waals surface area contributed by atoms with Crippen LogP contribution < -0.4 is 0 Å². The van der Waals surface area contributed by atoms with Crippen molar-refractivity contribution in [3.63, 3.8) is 0 Å². The molecule has 0 aliphatic carbocycles. The fraction of sp³-hybridized carbons (Fsp3) is 0.800. The molecule has 0 saturated heterocycles. The third-order valence-corrected chi connectivity index (χ3v) is 4.37. The third kappa shape index (κ3) is 3.65. The zero-order valence-corrected chi connectivity index (χ0v) is 10.8. The van der Waals surface area contributed by atoms with E-state index in [9.17, 15) is 9.59 Å². The first-order valence-electron chi connectivity index (χ1n) is 4.73. The van der Waals surface area contributed by atoms with Crippen molar-refractivity contribution >= 4 is 35.1 Å². The molecular weight excluding hydrogens is 216 g/mol. The summed E-state index contributed by atoms with van der Waals surface area (Å²) in [6.45, 7) is 3.69. The van der Waals surface area contributed by atoms with Crippen molar-refractivity contribution < 1.29 is 9.59 Å². The minimum Gasteiger partial charge on any atom is -0.298 e. The highest BCUT2D eigenvalue weighted by molar-refractivity contribution is 8.04. The van der Waals surface area contributed by atoms with E-state index in [1.54, 1.807) is 0 Å². The molecule has 0 aliphatic rings. The molecule has 0 saturated carbocycles. The molecule has 14 heavy (non-hydrogen) atoms.